The number of carbonyl (C=O) groups is 2. The molecule has 1 amide bonds. The number of hydrogen-bond donors (Lipinski definition) is 2. The van der Waals surface area contributed by atoms with Crippen LogP contribution in [0.5, 0.6) is 0 Å². The van der Waals surface area contributed by atoms with Crippen molar-refractivity contribution in [2.75, 3.05) is 12.0 Å². The van der Waals surface area contributed by atoms with Crippen LogP contribution in [0.1, 0.15) is 103 Å². The Labute approximate surface area is 189 Å². The van der Waals surface area contributed by atoms with Crippen LogP contribution in [0.25, 0.3) is 0 Å². The van der Waals surface area contributed by atoms with Crippen molar-refractivity contribution in [1.82, 2.24) is 5.32 Å². The normalized spacial score (nSPS) is 12.6. The summed E-state index contributed by atoms with van der Waals surface area (Å²) in [5, 5.41) is 11.8. The van der Waals surface area contributed by atoms with Crippen molar-refractivity contribution >= 4 is 23.6 Å². The predicted molar refractivity (Wildman–Crippen MR) is 131 cm³/mol. The Morgan fingerprint density at radius 3 is 2.00 bits per heavy atom. The number of thioether (sulfide) groups is 1. The zero-order valence-electron chi connectivity index (χ0n) is 19.4. The lowest BCUT2D eigenvalue weighted by Crippen LogP contribution is -2.41. The third-order valence-corrected chi connectivity index (χ3v) is 5.74. The molecule has 1 atom stereocenters. The van der Waals surface area contributed by atoms with E-state index in [1.165, 1.54) is 57.8 Å². The minimum absolute atomic E-state index is 0.133. The summed E-state index contributed by atoms with van der Waals surface area (Å²) in [6, 6.07) is -0.749. The molecule has 0 unspecified atom stereocenters. The predicted octanol–water partition coefficient (Wildman–Crippen LogP) is 6.90. The molecule has 2 N–H and O–H groups in total. The van der Waals surface area contributed by atoms with Gasteiger partial charge in [-0.15, -0.1) is 0 Å². The molecule has 0 spiro atoms. The monoisotopic (exact) mass is 439 g/mol. The second-order valence-corrected chi connectivity index (χ2v) is 8.91. The van der Waals surface area contributed by atoms with Crippen LogP contribution in [0.4, 0.5) is 0 Å². The van der Waals surface area contributed by atoms with Crippen molar-refractivity contribution in [3.63, 3.8) is 0 Å². The van der Waals surface area contributed by atoms with Crippen LogP contribution in [0.2, 0.25) is 0 Å². The number of allylic oxidation sites excluding steroid dienone is 4. The summed E-state index contributed by atoms with van der Waals surface area (Å²) in [5.74, 6) is -0.333. The van der Waals surface area contributed by atoms with Gasteiger partial charge in [-0.25, -0.2) is 4.79 Å². The summed E-state index contributed by atoms with van der Waals surface area (Å²) in [7, 11) is 0. The summed E-state index contributed by atoms with van der Waals surface area (Å²) >= 11 is 1.59. The van der Waals surface area contributed by atoms with E-state index in [0.717, 1.165) is 31.4 Å². The molecule has 0 saturated carbocycles. The van der Waals surface area contributed by atoms with Crippen LogP contribution in [-0.4, -0.2) is 35.0 Å². The van der Waals surface area contributed by atoms with Crippen molar-refractivity contribution in [2.24, 2.45) is 0 Å². The highest BCUT2D eigenvalue weighted by Gasteiger charge is 2.18. The number of carboxylic acids is 1. The van der Waals surface area contributed by atoms with Gasteiger partial charge in [0.1, 0.15) is 6.04 Å². The molecule has 4 nitrogen and oxygen atoms in total. The van der Waals surface area contributed by atoms with E-state index in [1.54, 1.807) is 11.8 Å². The van der Waals surface area contributed by atoms with E-state index in [2.05, 4.69) is 36.5 Å². The first-order valence-electron chi connectivity index (χ1n) is 11.9. The van der Waals surface area contributed by atoms with E-state index < -0.39 is 12.0 Å². The van der Waals surface area contributed by atoms with E-state index >= 15 is 0 Å². The number of carbonyl (C=O) groups excluding carboxylic acids is 1. The SMILES string of the molecule is CCCCC/C=C\C/C=C\CCCCCCCCCC(=O)N[C@@H](CCSC)C(=O)O. The topological polar surface area (TPSA) is 66.4 Å². The maximum absolute atomic E-state index is 11.9. The van der Waals surface area contributed by atoms with Gasteiger partial charge < -0.3 is 10.4 Å². The van der Waals surface area contributed by atoms with Crippen LogP contribution in [-0.2, 0) is 9.59 Å². The van der Waals surface area contributed by atoms with Gasteiger partial charge in [-0.2, -0.15) is 11.8 Å². The molecular formula is C25H45NO3S. The summed E-state index contributed by atoms with van der Waals surface area (Å²) in [4.78, 5) is 23.0. The van der Waals surface area contributed by atoms with E-state index in [1.807, 2.05) is 6.26 Å². The fourth-order valence-electron chi connectivity index (χ4n) is 3.21. The van der Waals surface area contributed by atoms with E-state index in [9.17, 15) is 9.59 Å². The number of nitrogens with one attached hydrogen (secondary N) is 1. The summed E-state index contributed by atoms with van der Waals surface area (Å²) in [6.07, 6.45) is 27.4. The molecule has 0 aliphatic carbocycles. The summed E-state index contributed by atoms with van der Waals surface area (Å²) in [6.45, 7) is 2.24. The molecule has 174 valence electrons. The van der Waals surface area contributed by atoms with E-state index in [0.29, 0.717) is 12.8 Å². The molecule has 0 aliphatic rings. The first-order chi connectivity index (χ1) is 14.6. The lowest BCUT2D eigenvalue weighted by atomic mass is 10.1. The Bertz CT molecular complexity index is 477. The highest BCUT2D eigenvalue weighted by Crippen LogP contribution is 2.10. The third kappa shape index (κ3) is 20.1. The number of amides is 1. The molecule has 0 saturated heterocycles. The highest BCUT2D eigenvalue weighted by molar-refractivity contribution is 7.98. The first kappa shape index (κ1) is 28.8. The molecule has 0 heterocycles. The number of aliphatic carboxylic acids is 1. The smallest absolute Gasteiger partial charge is 0.326 e. The standard InChI is InChI=1S/C25H45NO3S/c1-3-4-5-6-7-8-9-10-11-12-13-14-15-16-17-18-19-20-24(27)26-23(25(28)29)21-22-30-2/h7-8,10-11,23H,3-6,9,12-22H2,1-2H3,(H,26,27)(H,28,29)/b8-7-,11-10-/t23-/m0/s1. The molecule has 5 heteroatoms. The first-order valence-corrected chi connectivity index (χ1v) is 13.3. The summed E-state index contributed by atoms with van der Waals surface area (Å²) < 4.78 is 0. The minimum Gasteiger partial charge on any atom is -0.480 e. The van der Waals surface area contributed by atoms with Gasteiger partial charge in [0.15, 0.2) is 0 Å². The fraction of sp³-hybridized carbons (Fsp3) is 0.760. The second-order valence-electron chi connectivity index (χ2n) is 7.93. The van der Waals surface area contributed by atoms with E-state index in [-0.39, 0.29) is 5.91 Å². The quantitative estimate of drug-likeness (QED) is 0.151. The van der Waals surface area contributed by atoms with Crippen LogP contribution >= 0.6 is 11.8 Å². The molecule has 0 aromatic rings. The average molecular weight is 440 g/mol. The van der Waals surface area contributed by atoms with Gasteiger partial charge in [-0.1, -0.05) is 76.2 Å². The summed E-state index contributed by atoms with van der Waals surface area (Å²) in [5.41, 5.74) is 0. The largest absolute Gasteiger partial charge is 0.480 e. The Hall–Kier alpha value is -1.23. The van der Waals surface area contributed by atoms with Crippen LogP contribution < -0.4 is 5.32 Å². The van der Waals surface area contributed by atoms with Crippen molar-refractivity contribution in [2.45, 2.75) is 109 Å². The number of carboxylic acid groups (broad SMARTS) is 1. The van der Waals surface area contributed by atoms with Crippen molar-refractivity contribution in [1.29, 1.82) is 0 Å². The van der Waals surface area contributed by atoms with Crippen LogP contribution in [0, 0.1) is 0 Å². The molecule has 0 radical (unpaired) electrons. The van der Waals surface area contributed by atoms with Crippen LogP contribution in [0.15, 0.2) is 24.3 Å². The zero-order chi connectivity index (χ0) is 22.3. The molecule has 0 bridgehead atoms. The van der Waals surface area contributed by atoms with Gasteiger partial charge in [0.2, 0.25) is 5.91 Å². The fourth-order valence-corrected chi connectivity index (χ4v) is 3.68. The molecule has 0 aliphatic heterocycles. The van der Waals surface area contributed by atoms with Gasteiger partial charge in [0.05, 0.1) is 0 Å². The number of hydrogen-bond acceptors (Lipinski definition) is 3. The molecule has 0 aromatic carbocycles. The number of rotatable bonds is 21. The Morgan fingerprint density at radius 1 is 0.867 bits per heavy atom. The van der Waals surface area contributed by atoms with Gasteiger partial charge in [0.25, 0.3) is 0 Å². The highest BCUT2D eigenvalue weighted by atomic mass is 32.2. The Kier molecular flexibility index (Phi) is 21.5. The van der Waals surface area contributed by atoms with Crippen molar-refractivity contribution in [3.05, 3.63) is 24.3 Å². The van der Waals surface area contributed by atoms with Crippen molar-refractivity contribution < 1.29 is 14.7 Å². The number of unbranched alkanes of at least 4 members (excludes halogenated alkanes) is 10. The van der Waals surface area contributed by atoms with Gasteiger partial charge in [-0.05, 0) is 57.0 Å². The lowest BCUT2D eigenvalue weighted by molar-refractivity contribution is -0.141. The third-order valence-electron chi connectivity index (χ3n) is 5.10. The van der Waals surface area contributed by atoms with Gasteiger partial charge in [0, 0.05) is 6.42 Å². The molecule has 30 heavy (non-hydrogen) atoms. The maximum atomic E-state index is 11.9. The minimum atomic E-state index is -0.939. The molecular weight excluding hydrogens is 394 g/mol. The van der Waals surface area contributed by atoms with Crippen molar-refractivity contribution in [3.8, 4) is 0 Å². The Balaban J connectivity index is 3.48. The Morgan fingerprint density at radius 2 is 1.43 bits per heavy atom. The molecule has 0 rings (SSSR count). The molecule has 0 aromatic heterocycles. The second kappa shape index (κ2) is 22.5. The lowest BCUT2D eigenvalue weighted by Gasteiger charge is -2.13. The molecule has 0 fully saturated rings. The average Bonchev–Trinajstić information content (AvgIpc) is 2.73. The maximum Gasteiger partial charge on any atom is 0.326 e. The van der Waals surface area contributed by atoms with Gasteiger partial charge in [-0.3, -0.25) is 4.79 Å². The van der Waals surface area contributed by atoms with Crippen LogP contribution in [0.3, 0.4) is 0 Å². The zero-order valence-corrected chi connectivity index (χ0v) is 20.2. The van der Waals surface area contributed by atoms with E-state index in [4.69, 9.17) is 5.11 Å². The van der Waals surface area contributed by atoms with Gasteiger partial charge >= 0.3 is 5.97 Å².